The molecule has 1 aromatic rings. The van der Waals surface area contributed by atoms with E-state index in [4.69, 9.17) is 4.74 Å². The molecule has 1 unspecified atom stereocenters. The van der Waals surface area contributed by atoms with Crippen molar-refractivity contribution in [2.24, 2.45) is 0 Å². The number of carbonyl (C=O) groups is 2. The summed E-state index contributed by atoms with van der Waals surface area (Å²) in [6.45, 7) is 0. The van der Waals surface area contributed by atoms with Gasteiger partial charge in [-0.2, -0.15) is 11.8 Å². The van der Waals surface area contributed by atoms with Crippen LogP contribution in [0.3, 0.4) is 0 Å². The SMILES string of the molecule is O=C(NC1(C(=O)O)CCSC1)c1ccc(OC2CCCC2)nc1. The van der Waals surface area contributed by atoms with Crippen LogP contribution in [-0.2, 0) is 4.79 Å². The third kappa shape index (κ3) is 3.60. The maximum absolute atomic E-state index is 12.3. The van der Waals surface area contributed by atoms with Gasteiger partial charge in [-0.1, -0.05) is 0 Å². The number of hydrogen-bond donors (Lipinski definition) is 2. The van der Waals surface area contributed by atoms with Crippen LogP contribution in [0.1, 0.15) is 42.5 Å². The van der Waals surface area contributed by atoms with Crippen molar-refractivity contribution >= 4 is 23.6 Å². The highest BCUT2D eigenvalue weighted by molar-refractivity contribution is 7.99. The average Bonchev–Trinajstić information content (AvgIpc) is 3.20. The fourth-order valence-electron chi connectivity index (χ4n) is 2.94. The summed E-state index contributed by atoms with van der Waals surface area (Å²) >= 11 is 1.54. The summed E-state index contributed by atoms with van der Waals surface area (Å²) in [6.07, 6.45) is 6.55. The van der Waals surface area contributed by atoms with Gasteiger partial charge in [-0.3, -0.25) is 4.79 Å². The van der Waals surface area contributed by atoms with Gasteiger partial charge in [0.05, 0.1) is 5.56 Å². The summed E-state index contributed by atoms with van der Waals surface area (Å²) in [7, 11) is 0. The molecule has 1 saturated carbocycles. The Labute approximate surface area is 139 Å². The second-order valence-corrected chi connectivity index (χ2v) is 7.16. The lowest BCUT2D eigenvalue weighted by Crippen LogP contribution is -2.54. The largest absolute Gasteiger partial charge is 0.479 e. The Morgan fingerprint density at radius 1 is 1.35 bits per heavy atom. The molecule has 1 aromatic heterocycles. The van der Waals surface area contributed by atoms with Crippen LogP contribution in [0.25, 0.3) is 0 Å². The van der Waals surface area contributed by atoms with Crippen molar-refractivity contribution in [3.8, 4) is 5.88 Å². The molecule has 2 aliphatic rings. The van der Waals surface area contributed by atoms with Crippen molar-refractivity contribution in [3.05, 3.63) is 23.9 Å². The lowest BCUT2D eigenvalue weighted by molar-refractivity contribution is -0.143. The van der Waals surface area contributed by atoms with Gasteiger partial charge < -0.3 is 15.2 Å². The van der Waals surface area contributed by atoms with E-state index in [-0.39, 0.29) is 6.10 Å². The highest BCUT2D eigenvalue weighted by Gasteiger charge is 2.43. The molecule has 0 aromatic carbocycles. The maximum Gasteiger partial charge on any atom is 0.330 e. The van der Waals surface area contributed by atoms with E-state index in [9.17, 15) is 14.7 Å². The van der Waals surface area contributed by atoms with Crippen LogP contribution in [-0.4, -0.2) is 45.1 Å². The van der Waals surface area contributed by atoms with E-state index in [1.54, 1.807) is 12.1 Å². The number of carbonyl (C=O) groups excluding carboxylic acids is 1. The summed E-state index contributed by atoms with van der Waals surface area (Å²) in [5.74, 6) is 0.251. The van der Waals surface area contributed by atoms with Crippen LogP contribution in [0.15, 0.2) is 18.3 Å². The van der Waals surface area contributed by atoms with Gasteiger partial charge in [-0.25, -0.2) is 9.78 Å². The van der Waals surface area contributed by atoms with E-state index in [2.05, 4.69) is 10.3 Å². The van der Waals surface area contributed by atoms with Gasteiger partial charge in [0.1, 0.15) is 11.6 Å². The van der Waals surface area contributed by atoms with Gasteiger partial charge in [-0.05, 0) is 43.9 Å². The fourth-order valence-corrected chi connectivity index (χ4v) is 4.26. The van der Waals surface area contributed by atoms with E-state index >= 15 is 0 Å². The van der Waals surface area contributed by atoms with Crippen molar-refractivity contribution in [2.45, 2.75) is 43.7 Å². The zero-order valence-electron chi connectivity index (χ0n) is 12.8. The van der Waals surface area contributed by atoms with Gasteiger partial charge in [0.15, 0.2) is 0 Å². The first-order chi connectivity index (χ1) is 11.1. The summed E-state index contributed by atoms with van der Waals surface area (Å²) in [4.78, 5) is 27.9. The van der Waals surface area contributed by atoms with Crippen LogP contribution in [0.4, 0.5) is 0 Å². The molecule has 1 aliphatic heterocycles. The number of thioether (sulfide) groups is 1. The van der Waals surface area contributed by atoms with E-state index in [1.165, 1.54) is 30.8 Å². The first kappa shape index (κ1) is 16.1. The average molecular weight is 336 g/mol. The number of amides is 1. The Bertz CT molecular complexity index is 578. The molecule has 7 heteroatoms. The molecule has 124 valence electrons. The summed E-state index contributed by atoms with van der Waals surface area (Å²) < 4.78 is 5.76. The molecule has 0 radical (unpaired) electrons. The highest BCUT2D eigenvalue weighted by Crippen LogP contribution is 2.29. The van der Waals surface area contributed by atoms with E-state index in [0.29, 0.717) is 23.6 Å². The topological polar surface area (TPSA) is 88.5 Å². The molecule has 6 nitrogen and oxygen atoms in total. The number of nitrogens with one attached hydrogen (secondary N) is 1. The molecule has 2 fully saturated rings. The standard InChI is InChI=1S/C16H20N2O4S/c19-14(18-16(15(20)21)7-8-23-10-16)11-5-6-13(17-9-11)22-12-3-1-2-4-12/h5-6,9,12H,1-4,7-8,10H2,(H,18,19)(H,20,21). The summed E-state index contributed by atoms with van der Waals surface area (Å²) in [6, 6.07) is 3.30. The summed E-state index contributed by atoms with van der Waals surface area (Å²) in [5, 5.41) is 12.1. The number of ether oxygens (including phenoxy) is 1. The first-order valence-corrected chi connectivity index (χ1v) is 9.01. The summed E-state index contributed by atoms with van der Waals surface area (Å²) in [5.41, 5.74) is -0.817. The second-order valence-electron chi connectivity index (χ2n) is 6.05. The molecule has 1 atom stereocenters. The number of aromatic nitrogens is 1. The molecular weight excluding hydrogens is 316 g/mol. The highest BCUT2D eigenvalue weighted by atomic mass is 32.2. The molecule has 3 rings (SSSR count). The minimum atomic E-state index is -1.17. The first-order valence-electron chi connectivity index (χ1n) is 7.85. The van der Waals surface area contributed by atoms with E-state index < -0.39 is 17.4 Å². The van der Waals surface area contributed by atoms with Gasteiger partial charge >= 0.3 is 5.97 Å². The third-order valence-corrected chi connectivity index (χ3v) is 5.56. The lowest BCUT2D eigenvalue weighted by atomic mass is 9.98. The molecule has 1 saturated heterocycles. The number of aliphatic carboxylic acids is 1. The molecule has 2 N–H and O–H groups in total. The van der Waals surface area contributed by atoms with Crippen LogP contribution in [0.5, 0.6) is 5.88 Å². The van der Waals surface area contributed by atoms with Crippen molar-refractivity contribution < 1.29 is 19.4 Å². The van der Waals surface area contributed by atoms with Crippen LogP contribution < -0.4 is 10.1 Å². The maximum atomic E-state index is 12.3. The molecule has 2 heterocycles. The number of rotatable bonds is 5. The third-order valence-electron chi connectivity index (χ3n) is 4.37. The van der Waals surface area contributed by atoms with Crippen LogP contribution in [0.2, 0.25) is 0 Å². The van der Waals surface area contributed by atoms with Gasteiger partial charge in [0.25, 0.3) is 5.91 Å². The van der Waals surface area contributed by atoms with Crippen molar-refractivity contribution in [1.82, 2.24) is 10.3 Å². The second kappa shape index (κ2) is 6.78. The molecule has 1 aliphatic carbocycles. The van der Waals surface area contributed by atoms with Crippen molar-refractivity contribution in [2.75, 3.05) is 11.5 Å². The monoisotopic (exact) mass is 336 g/mol. The van der Waals surface area contributed by atoms with Crippen molar-refractivity contribution in [3.63, 3.8) is 0 Å². The quantitative estimate of drug-likeness (QED) is 0.856. The number of carboxylic acids is 1. The van der Waals surface area contributed by atoms with Crippen LogP contribution in [0, 0.1) is 0 Å². The minimum absolute atomic E-state index is 0.216. The molecular formula is C16H20N2O4S. The smallest absolute Gasteiger partial charge is 0.330 e. The fraction of sp³-hybridized carbons (Fsp3) is 0.562. The Morgan fingerprint density at radius 3 is 2.70 bits per heavy atom. The van der Waals surface area contributed by atoms with Gasteiger partial charge in [-0.15, -0.1) is 0 Å². The molecule has 1 amide bonds. The van der Waals surface area contributed by atoms with E-state index in [1.807, 2.05) is 0 Å². The Balaban J connectivity index is 1.64. The zero-order valence-corrected chi connectivity index (χ0v) is 13.6. The number of pyridine rings is 1. The Hall–Kier alpha value is -1.76. The van der Waals surface area contributed by atoms with Crippen LogP contribution >= 0.6 is 11.8 Å². The predicted octanol–water partition coefficient (Wildman–Crippen LogP) is 2.09. The Kier molecular flexibility index (Phi) is 4.75. The van der Waals surface area contributed by atoms with Gasteiger partial charge in [0.2, 0.25) is 5.88 Å². The Morgan fingerprint density at radius 2 is 2.13 bits per heavy atom. The van der Waals surface area contributed by atoms with E-state index in [0.717, 1.165) is 18.6 Å². The normalized spacial score (nSPS) is 24.5. The number of nitrogens with zero attached hydrogens (tertiary/aromatic N) is 1. The number of carboxylic acid groups (broad SMARTS) is 1. The number of hydrogen-bond acceptors (Lipinski definition) is 5. The van der Waals surface area contributed by atoms with Gasteiger partial charge in [0, 0.05) is 18.0 Å². The molecule has 0 spiro atoms. The molecule has 23 heavy (non-hydrogen) atoms. The lowest BCUT2D eigenvalue weighted by Gasteiger charge is -2.24. The minimum Gasteiger partial charge on any atom is -0.479 e. The zero-order chi connectivity index (χ0) is 16.3. The predicted molar refractivity (Wildman–Crippen MR) is 86.9 cm³/mol. The van der Waals surface area contributed by atoms with Crippen molar-refractivity contribution in [1.29, 1.82) is 0 Å². The molecule has 0 bridgehead atoms.